The van der Waals surface area contributed by atoms with Gasteiger partial charge in [0.25, 0.3) is 5.79 Å². The Bertz CT molecular complexity index is 1290. The van der Waals surface area contributed by atoms with E-state index in [4.69, 9.17) is 25.8 Å². The summed E-state index contributed by atoms with van der Waals surface area (Å²) in [5, 5.41) is 9.92. The molecule has 3 aromatic rings. The Morgan fingerprint density at radius 1 is 1.16 bits per heavy atom. The maximum absolute atomic E-state index is 14.7. The Hall–Kier alpha value is -2.65. The predicted octanol–water partition coefficient (Wildman–Crippen LogP) is 4.98. The molecule has 2 atom stereocenters. The molecule has 2 unspecified atom stereocenters. The van der Waals surface area contributed by atoms with E-state index in [9.17, 15) is 9.50 Å². The molecule has 0 saturated carbocycles. The molecule has 2 aromatic carbocycles. The summed E-state index contributed by atoms with van der Waals surface area (Å²) < 4.78 is 34.9. The van der Waals surface area contributed by atoms with E-state index in [-0.39, 0.29) is 12.7 Å². The van der Waals surface area contributed by atoms with Crippen molar-refractivity contribution in [3.8, 4) is 11.5 Å². The van der Waals surface area contributed by atoms with E-state index in [2.05, 4.69) is 20.5 Å². The number of ether oxygens (including phenoxy) is 3. The average Bonchev–Trinajstić information content (AvgIpc) is 3.41. The number of hydrogen-bond acceptors (Lipinski definition) is 6. The molecule has 2 fully saturated rings. The van der Waals surface area contributed by atoms with Gasteiger partial charge in [0, 0.05) is 30.3 Å². The van der Waals surface area contributed by atoms with Gasteiger partial charge >= 0.3 is 0 Å². The smallest absolute Gasteiger partial charge is 0.278 e. The van der Waals surface area contributed by atoms with Crippen molar-refractivity contribution in [1.82, 2.24) is 14.5 Å². The molecule has 0 bridgehead atoms. The van der Waals surface area contributed by atoms with Crippen molar-refractivity contribution in [2.75, 3.05) is 19.7 Å². The van der Waals surface area contributed by atoms with Crippen LogP contribution < -0.4 is 9.47 Å². The quantitative estimate of drug-likeness (QED) is 0.467. The second kappa shape index (κ2) is 9.91. The summed E-state index contributed by atoms with van der Waals surface area (Å²) in [5.41, 5.74) is 2.11. The number of benzene rings is 2. The van der Waals surface area contributed by atoms with E-state index in [0.29, 0.717) is 33.7 Å². The van der Waals surface area contributed by atoms with Gasteiger partial charge in [0.15, 0.2) is 11.5 Å². The first-order valence-electron chi connectivity index (χ1n) is 12.9. The molecule has 2 saturated heterocycles. The van der Waals surface area contributed by atoms with Crippen LogP contribution in [-0.2, 0) is 30.2 Å². The van der Waals surface area contributed by atoms with Gasteiger partial charge in [0.1, 0.15) is 11.6 Å². The van der Waals surface area contributed by atoms with Gasteiger partial charge in [0.05, 0.1) is 37.1 Å². The fraction of sp³-hybridized carbons (Fsp3) is 0.464. The summed E-state index contributed by atoms with van der Waals surface area (Å²) in [5.74, 6) is 0.901. The van der Waals surface area contributed by atoms with Crippen LogP contribution in [0.4, 0.5) is 4.39 Å². The number of aliphatic hydroxyl groups excluding tert-OH is 1. The van der Waals surface area contributed by atoms with Gasteiger partial charge in [-0.25, -0.2) is 9.37 Å². The largest absolute Gasteiger partial charge is 0.444 e. The molecular weight excluding hydrogens is 497 g/mol. The standard InChI is InChI=1S/C28H31ClFN3O4/c1-28(23-6-5-19(29)13-24(23)30)36-25-4-2-3-22(27(25)37-28)18-7-10-32(11-8-18)16-26-31-20(17-34)14-33(26)15-21-9-12-35-21/h2-6,13-14,18,21,34H,7-12,15-17H2,1H3. The van der Waals surface area contributed by atoms with Crippen LogP contribution in [0.25, 0.3) is 0 Å². The Morgan fingerprint density at radius 2 is 1.97 bits per heavy atom. The van der Waals surface area contributed by atoms with Gasteiger partial charge in [-0.15, -0.1) is 0 Å². The molecule has 3 aliphatic rings. The number of aromatic nitrogens is 2. The molecule has 3 aliphatic heterocycles. The fourth-order valence-corrected chi connectivity index (χ4v) is 5.72. The molecule has 0 radical (unpaired) electrons. The van der Waals surface area contributed by atoms with E-state index < -0.39 is 11.6 Å². The first-order valence-corrected chi connectivity index (χ1v) is 13.3. The molecule has 0 aliphatic carbocycles. The van der Waals surface area contributed by atoms with Crippen LogP contribution in [0, 0.1) is 5.82 Å². The Morgan fingerprint density at radius 3 is 2.68 bits per heavy atom. The van der Waals surface area contributed by atoms with Crippen LogP contribution in [0.15, 0.2) is 42.6 Å². The third-order valence-electron chi connectivity index (χ3n) is 7.69. The molecular formula is C28H31ClFN3O4. The number of halogens is 2. The average molecular weight is 528 g/mol. The van der Waals surface area contributed by atoms with Crippen LogP contribution in [0.5, 0.6) is 11.5 Å². The van der Waals surface area contributed by atoms with Crippen molar-refractivity contribution in [2.45, 2.75) is 63.7 Å². The van der Waals surface area contributed by atoms with Crippen LogP contribution in [-0.4, -0.2) is 45.4 Å². The zero-order valence-corrected chi connectivity index (χ0v) is 21.6. The molecule has 4 heterocycles. The zero-order chi connectivity index (χ0) is 25.6. The molecule has 0 spiro atoms. The molecule has 9 heteroatoms. The number of rotatable bonds is 7. The zero-order valence-electron chi connectivity index (χ0n) is 20.8. The van der Waals surface area contributed by atoms with Crippen molar-refractivity contribution in [3.63, 3.8) is 0 Å². The number of imidazole rings is 1. The van der Waals surface area contributed by atoms with Crippen molar-refractivity contribution in [3.05, 3.63) is 76.1 Å². The molecule has 196 valence electrons. The Balaban J connectivity index is 1.14. The van der Waals surface area contributed by atoms with Gasteiger partial charge in [-0.3, -0.25) is 4.90 Å². The van der Waals surface area contributed by atoms with E-state index in [1.54, 1.807) is 19.1 Å². The lowest BCUT2D eigenvalue weighted by molar-refractivity contribution is -0.0712. The molecule has 0 amide bonds. The van der Waals surface area contributed by atoms with Crippen LogP contribution in [0.1, 0.15) is 54.7 Å². The highest BCUT2D eigenvalue weighted by molar-refractivity contribution is 6.30. The Labute approximate surface area is 220 Å². The number of para-hydroxylation sites is 1. The first-order chi connectivity index (χ1) is 17.9. The number of fused-ring (bicyclic) bond motifs is 1. The topological polar surface area (TPSA) is 69.0 Å². The number of piperidine rings is 1. The van der Waals surface area contributed by atoms with Crippen molar-refractivity contribution < 1.29 is 23.7 Å². The fourth-order valence-electron chi connectivity index (χ4n) is 5.56. The number of hydrogen-bond donors (Lipinski definition) is 1. The lowest BCUT2D eigenvalue weighted by atomic mass is 9.88. The first kappa shape index (κ1) is 24.7. The normalized spacial score (nSPS) is 23.8. The van der Waals surface area contributed by atoms with Crippen LogP contribution in [0.2, 0.25) is 5.02 Å². The van der Waals surface area contributed by atoms with Gasteiger partial charge < -0.3 is 23.9 Å². The lowest BCUT2D eigenvalue weighted by Crippen LogP contribution is -2.35. The van der Waals surface area contributed by atoms with Gasteiger partial charge in [-0.1, -0.05) is 23.7 Å². The van der Waals surface area contributed by atoms with E-state index in [1.165, 1.54) is 6.07 Å². The minimum absolute atomic E-state index is 0.0619. The number of aliphatic hydroxyl groups is 1. The van der Waals surface area contributed by atoms with Gasteiger partial charge in [0.2, 0.25) is 0 Å². The third kappa shape index (κ3) is 4.83. The summed E-state index contributed by atoms with van der Waals surface area (Å²) in [6, 6.07) is 10.5. The van der Waals surface area contributed by atoms with E-state index in [0.717, 1.165) is 63.4 Å². The highest BCUT2D eigenvalue weighted by Crippen LogP contribution is 2.49. The minimum atomic E-state index is -1.25. The van der Waals surface area contributed by atoms with Crippen molar-refractivity contribution in [2.24, 2.45) is 0 Å². The Kier molecular flexibility index (Phi) is 6.61. The maximum atomic E-state index is 14.7. The summed E-state index contributed by atoms with van der Waals surface area (Å²) in [6.07, 6.45) is 5.17. The highest BCUT2D eigenvalue weighted by Gasteiger charge is 2.43. The maximum Gasteiger partial charge on any atom is 0.278 e. The molecule has 7 nitrogen and oxygen atoms in total. The number of likely N-dealkylation sites (tertiary alicyclic amines) is 1. The van der Waals surface area contributed by atoms with Crippen LogP contribution >= 0.6 is 11.6 Å². The summed E-state index contributed by atoms with van der Waals surface area (Å²) in [6.45, 7) is 5.84. The SMILES string of the molecule is CC1(c2ccc(Cl)cc2F)Oc2cccc(C3CCN(Cc4nc(CO)cn4CC4CCO4)CC3)c2O1. The van der Waals surface area contributed by atoms with Crippen molar-refractivity contribution >= 4 is 11.6 Å². The second-order valence-corrected chi connectivity index (χ2v) is 10.7. The molecule has 37 heavy (non-hydrogen) atoms. The van der Waals surface area contributed by atoms with Gasteiger partial charge in [-0.05, 0) is 62.5 Å². The summed E-state index contributed by atoms with van der Waals surface area (Å²) in [7, 11) is 0. The summed E-state index contributed by atoms with van der Waals surface area (Å²) in [4.78, 5) is 7.06. The molecule has 1 aromatic heterocycles. The molecule has 6 rings (SSSR count). The van der Waals surface area contributed by atoms with E-state index >= 15 is 0 Å². The number of nitrogens with zero attached hydrogens (tertiary/aromatic N) is 3. The second-order valence-electron chi connectivity index (χ2n) is 10.2. The molecule has 1 N–H and O–H groups in total. The minimum Gasteiger partial charge on any atom is -0.444 e. The van der Waals surface area contributed by atoms with Crippen molar-refractivity contribution in [1.29, 1.82) is 0 Å². The third-order valence-corrected chi connectivity index (χ3v) is 7.92. The van der Waals surface area contributed by atoms with Crippen LogP contribution in [0.3, 0.4) is 0 Å². The van der Waals surface area contributed by atoms with Gasteiger partial charge in [-0.2, -0.15) is 0 Å². The lowest BCUT2D eigenvalue weighted by Gasteiger charge is -2.33. The summed E-state index contributed by atoms with van der Waals surface area (Å²) >= 11 is 5.95. The highest BCUT2D eigenvalue weighted by atomic mass is 35.5. The monoisotopic (exact) mass is 527 g/mol. The van der Waals surface area contributed by atoms with E-state index in [1.807, 2.05) is 18.3 Å². The predicted molar refractivity (Wildman–Crippen MR) is 136 cm³/mol.